The van der Waals surface area contributed by atoms with E-state index >= 15 is 0 Å². The van der Waals surface area contributed by atoms with Crippen LogP contribution in [0.1, 0.15) is 39.0 Å². The van der Waals surface area contributed by atoms with Crippen molar-refractivity contribution in [3.05, 3.63) is 0 Å². The van der Waals surface area contributed by atoms with E-state index in [1.54, 1.807) is 0 Å². The molecule has 0 fully saturated rings. The molecule has 4 nitrogen and oxygen atoms in total. The molecule has 0 radical (unpaired) electrons. The highest BCUT2D eigenvalue weighted by Crippen LogP contribution is 2.30. The Hall–Kier alpha value is -1.23. The standard InChI is InChI=1S/C13H19F3O4S/c1-4-5-6-7-8-12(2,11(17)20-3)21(18,19)10-9-13(14,15)16/h1H,5-10H2,2-3H3. The van der Waals surface area contributed by atoms with Crippen molar-refractivity contribution >= 4 is 15.8 Å². The average Bonchev–Trinajstić information content (AvgIpc) is 2.39. The van der Waals surface area contributed by atoms with Crippen LogP contribution in [-0.2, 0) is 19.4 Å². The zero-order valence-corrected chi connectivity index (χ0v) is 12.8. The Bertz CT molecular complexity index is 491. The third kappa shape index (κ3) is 5.96. The Balaban J connectivity index is 5.11. The molecular formula is C13H19F3O4S. The fourth-order valence-electron chi connectivity index (χ4n) is 1.77. The van der Waals surface area contributed by atoms with Gasteiger partial charge < -0.3 is 4.74 Å². The van der Waals surface area contributed by atoms with Gasteiger partial charge in [0.2, 0.25) is 0 Å². The van der Waals surface area contributed by atoms with E-state index in [4.69, 9.17) is 6.42 Å². The van der Waals surface area contributed by atoms with Gasteiger partial charge in [0.05, 0.1) is 19.3 Å². The molecule has 0 N–H and O–H groups in total. The van der Waals surface area contributed by atoms with Crippen molar-refractivity contribution in [1.82, 2.24) is 0 Å². The Morgan fingerprint density at radius 3 is 2.24 bits per heavy atom. The van der Waals surface area contributed by atoms with Crippen molar-refractivity contribution in [2.24, 2.45) is 0 Å². The Kier molecular flexibility index (Phi) is 7.24. The molecule has 0 spiro atoms. The first-order valence-corrected chi connectivity index (χ1v) is 7.96. The van der Waals surface area contributed by atoms with E-state index in [0.717, 1.165) is 14.0 Å². The molecule has 0 heterocycles. The predicted octanol–water partition coefficient (Wildman–Crippen LogP) is 2.48. The van der Waals surface area contributed by atoms with E-state index in [-0.39, 0.29) is 6.42 Å². The van der Waals surface area contributed by atoms with Crippen LogP contribution in [-0.4, -0.2) is 38.2 Å². The maximum atomic E-state index is 12.2. The van der Waals surface area contributed by atoms with E-state index < -0.39 is 38.9 Å². The van der Waals surface area contributed by atoms with Gasteiger partial charge in [-0.05, 0) is 19.8 Å². The monoisotopic (exact) mass is 328 g/mol. The molecule has 0 aliphatic carbocycles. The predicted molar refractivity (Wildman–Crippen MR) is 72.2 cm³/mol. The summed E-state index contributed by atoms with van der Waals surface area (Å²) in [4.78, 5) is 11.7. The molecule has 21 heavy (non-hydrogen) atoms. The lowest BCUT2D eigenvalue weighted by molar-refractivity contribution is -0.143. The summed E-state index contributed by atoms with van der Waals surface area (Å²) in [6, 6.07) is 0. The molecule has 0 bridgehead atoms. The van der Waals surface area contributed by atoms with Gasteiger partial charge in [-0.2, -0.15) is 13.2 Å². The second-order valence-corrected chi connectivity index (χ2v) is 7.36. The molecule has 0 saturated heterocycles. The molecule has 0 aromatic heterocycles. The third-order valence-electron chi connectivity index (χ3n) is 3.18. The smallest absolute Gasteiger partial charge is 0.390 e. The number of terminal acetylenes is 1. The number of hydrogen-bond donors (Lipinski definition) is 0. The van der Waals surface area contributed by atoms with E-state index in [1.807, 2.05) is 0 Å². The topological polar surface area (TPSA) is 60.4 Å². The minimum atomic E-state index is -4.60. The first-order valence-electron chi connectivity index (χ1n) is 6.31. The third-order valence-corrected chi connectivity index (χ3v) is 5.67. The number of unbranched alkanes of at least 4 members (excludes halogenated alkanes) is 2. The summed E-state index contributed by atoms with van der Waals surface area (Å²) in [5.74, 6) is 0.174. The second kappa shape index (κ2) is 7.69. The Morgan fingerprint density at radius 1 is 1.24 bits per heavy atom. The lowest BCUT2D eigenvalue weighted by atomic mass is 10.0. The van der Waals surface area contributed by atoms with Crippen molar-refractivity contribution in [3.8, 4) is 12.3 Å². The summed E-state index contributed by atoms with van der Waals surface area (Å²) in [5.41, 5.74) is 0. The number of sulfone groups is 1. The molecule has 0 rings (SSSR count). The molecule has 0 aromatic carbocycles. The van der Waals surface area contributed by atoms with Crippen LogP contribution in [0.2, 0.25) is 0 Å². The quantitative estimate of drug-likeness (QED) is 0.390. The van der Waals surface area contributed by atoms with Crippen LogP contribution >= 0.6 is 0 Å². The van der Waals surface area contributed by atoms with Crippen LogP contribution in [0.15, 0.2) is 0 Å². The fraction of sp³-hybridized carbons (Fsp3) is 0.769. The molecule has 1 atom stereocenters. The number of carbonyl (C=O) groups is 1. The molecule has 0 aromatic rings. The van der Waals surface area contributed by atoms with E-state index in [1.165, 1.54) is 0 Å². The summed E-state index contributed by atoms with van der Waals surface area (Å²) in [6.45, 7) is 1.10. The highest BCUT2D eigenvalue weighted by atomic mass is 32.2. The molecule has 8 heteroatoms. The normalized spacial score (nSPS) is 15.0. The van der Waals surface area contributed by atoms with E-state index in [9.17, 15) is 26.4 Å². The van der Waals surface area contributed by atoms with Gasteiger partial charge in [-0.1, -0.05) is 6.42 Å². The van der Waals surface area contributed by atoms with Gasteiger partial charge in [0.25, 0.3) is 0 Å². The van der Waals surface area contributed by atoms with Gasteiger partial charge in [0.15, 0.2) is 14.6 Å². The first kappa shape index (κ1) is 19.8. The van der Waals surface area contributed by atoms with Crippen LogP contribution in [0, 0.1) is 12.3 Å². The van der Waals surface area contributed by atoms with E-state index in [2.05, 4.69) is 10.7 Å². The average molecular weight is 328 g/mol. The van der Waals surface area contributed by atoms with Crippen molar-refractivity contribution in [2.75, 3.05) is 12.9 Å². The number of hydrogen-bond acceptors (Lipinski definition) is 4. The maximum absolute atomic E-state index is 12.2. The van der Waals surface area contributed by atoms with Gasteiger partial charge >= 0.3 is 12.1 Å². The van der Waals surface area contributed by atoms with Crippen LogP contribution in [0.4, 0.5) is 13.2 Å². The number of methoxy groups -OCH3 is 1. The van der Waals surface area contributed by atoms with Crippen LogP contribution in [0.25, 0.3) is 0 Å². The van der Waals surface area contributed by atoms with Gasteiger partial charge in [-0.15, -0.1) is 12.3 Å². The summed E-state index contributed by atoms with van der Waals surface area (Å²) in [5, 5.41) is 0. The highest BCUT2D eigenvalue weighted by Gasteiger charge is 2.47. The number of halogens is 3. The SMILES string of the molecule is C#CCCCCC(C)(C(=O)OC)S(=O)(=O)CCC(F)(F)F. The first-order chi connectivity index (χ1) is 9.50. The molecule has 0 amide bonds. The van der Waals surface area contributed by atoms with Crippen LogP contribution in [0.5, 0.6) is 0 Å². The zero-order valence-electron chi connectivity index (χ0n) is 12.0. The van der Waals surface area contributed by atoms with E-state index in [0.29, 0.717) is 19.3 Å². The maximum Gasteiger partial charge on any atom is 0.390 e. The second-order valence-electron chi connectivity index (χ2n) is 4.82. The van der Waals surface area contributed by atoms with Crippen molar-refractivity contribution < 1.29 is 31.1 Å². The molecule has 122 valence electrons. The minimum absolute atomic E-state index is 0.123. The number of esters is 1. The van der Waals surface area contributed by atoms with Gasteiger partial charge in [0, 0.05) is 6.42 Å². The minimum Gasteiger partial charge on any atom is -0.468 e. The molecule has 1 unspecified atom stereocenters. The fourth-order valence-corrected chi connectivity index (χ4v) is 3.51. The van der Waals surface area contributed by atoms with Crippen molar-refractivity contribution in [2.45, 2.75) is 50.0 Å². The van der Waals surface area contributed by atoms with Crippen LogP contribution < -0.4 is 0 Å². The largest absolute Gasteiger partial charge is 0.468 e. The Morgan fingerprint density at radius 2 is 1.81 bits per heavy atom. The summed E-state index contributed by atoms with van der Waals surface area (Å²) < 4.78 is 63.3. The highest BCUT2D eigenvalue weighted by molar-refractivity contribution is 7.93. The lowest BCUT2D eigenvalue weighted by Gasteiger charge is -2.26. The van der Waals surface area contributed by atoms with Crippen molar-refractivity contribution in [3.63, 3.8) is 0 Å². The number of carbonyl (C=O) groups excluding carboxylic acids is 1. The van der Waals surface area contributed by atoms with Crippen LogP contribution in [0.3, 0.4) is 0 Å². The molecule has 0 aliphatic rings. The number of ether oxygens (including phenoxy) is 1. The molecule has 0 aliphatic heterocycles. The van der Waals surface area contributed by atoms with Crippen molar-refractivity contribution in [1.29, 1.82) is 0 Å². The van der Waals surface area contributed by atoms with Gasteiger partial charge in [-0.3, -0.25) is 4.79 Å². The summed E-state index contributed by atoms with van der Waals surface area (Å²) >= 11 is 0. The molecule has 0 saturated carbocycles. The molecular weight excluding hydrogens is 309 g/mol. The lowest BCUT2D eigenvalue weighted by Crippen LogP contribution is -2.46. The summed E-state index contributed by atoms with van der Waals surface area (Å²) in [6.07, 6.45) is 0.0332. The van der Waals surface area contributed by atoms with Gasteiger partial charge in [0.1, 0.15) is 0 Å². The van der Waals surface area contributed by atoms with Gasteiger partial charge in [-0.25, -0.2) is 8.42 Å². The summed E-state index contributed by atoms with van der Waals surface area (Å²) in [7, 11) is -3.30. The Labute approximate surface area is 123 Å². The number of rotatable bonds is 8. The number of alkyl halides is 3. The zero-order chi connectivity index (χ0) is 16.7.